The van der Waals surface area contributed by atoms with Crippen molar-refractivity contribution in [3.8, 4) is 0 Å². The summed E-state index contributed by atoms with van der Waals surface area (Å²) in [5.41, 5.74) is 1.16. The third-order valence-corrected chi connectivity index (χ3v) is 5.08. The number of hydrogen-bond acceptors (Lipinski definition) is 5. The second kappa shape index (κ2) is 5.89. The number of thiazole rings is 1. The Morgan fingerprint density at radius 3 is 3.25 bits per heavy atom. The van der Waals surface area contributed by atoms with Crippen molar-refractivity contribution < 1.29 is 0 Å². The van der Waals surface area contributed by atoms with Gasteiger partial charge in [0.1, 0.15) is 0 Å². The standard InChI is InChI=1S/C11H19N3S2/c1-3-10-7-14(4-5-15-10)11-13-9(6-12-2)8-16-11/h8,10,12H,3-7H2,1-2H3. The zero-order valence-corrected chi connectivity index (χ0v) is 11.5. The highest BCUT2D eigenvalue weighted by Crippen LogP contribution is 2.27. The van der Waals surface area contributed by atoms with Gasteiger partial charge in [0.2, 0.25) is 0 Å². The van der Waals surface area contributed by atoms with Gasteiger partial charge >= 0.3 is 0 Å². The van der Waals surface area contributed by atoms with Gasteiger partial charge in [-0.25, -0.2) is 4.98 Å². The highest BCUT2D eigenvalue weighted by molar-refractivity contribution is 8.00. The van der Waals surface area contributed by atoms with Crippen LogP contribution in [0.2, 0.25) is 0 Å². The van der Waals surface area contributed by atoms with Crippen LogP contribution in [0.25, 0.3) is 0 Å². The first-order chi connectivity index (χ1) is 7.83. The second-order valence-electron chi connectivity index (χ2n) is 4.00. The van der Waals surface area contributed by atoms with E-state index in [1.165, 1.54) is 17.3 Å². The molecule has 3 nitrogen and oxygen atoms in total. The van der Waals surface area contributed by atoms with E-state index in [1.54, 1.807) is 11.3 Å². The molecule has 2 rings (SSSR count). The molecule has 1 fully saturated rings. The lowest BCUT2D eigenvalue weighted by Crippen LogP contribution is -2.37. The molecule has 0 radical (unpaired) electrons. The summed E-state index contributed by atoms with van der Waals surface area (Å²) in [6, 6.07) is 0. The van der Waals surface area contributed by atoms with Gasteiger partial charge in [-0.05, 0) is 13.5 Å². The van der Waals surface area contributed by atoms with Crippen LogP contribution in [0.15, 0.2) is 5.38 Å². The average molecular weight is 257 g/mol. The highest BCUT2D eigenvalue weighted by atomic mass is 32.2. The molecule has 1 aromatic heterocycles. The van der Waals surface area contributed by atoms with Gasteiger partial charge in [0.25, 0.3) is 0 Å². The second-order valence-corrected chi connectivity index (χ2v) is 6.24. The minimum Gasteiger partial charge on any atom is -0.346 e. The molecule has 0 bridgehead atoms. The van der Waals surface area contributed by atoms with Crippen LogP contribution in [0.1, 0.15) is 19.0 Å². The lowest BCUT2D eigenvalue weighted by atomic mass is 10.3. The van der Waals surface area contributed by atoms with Crippen molar-refractivity contribution in [1.29, 1.82) is 0 Å². The molecule has 1 N–H and O–H groups in total. The van der Waals surface area contributed by atoms with Gasteiger partial charge in [-0.2, -0.15) is 11.8 Å². The normalized spacial score (nSPS) is 21.4. The van der Waals surface area contributed by atoms with Crippen molar-refractivity contribution in [2.45, 2.75) is 25.1 Å². The van der Waals surface area contributed by atoms with Gasteiger partial charge in [0.05, 0.1) is 5.69 Å². The molecule has 90 valence electrons. The van der Waals surface area contributed by atoms with Gasteiger partial charge in [-0.15, -0.1) is 11.3 Å². The van der Waals surface area contributed by atoms with E-state index < -0.39 is 0 Å². The van der Waals surface area contributed by atoms with E-state index in [9.17, 15) is 0 Å². The fraction of sp³-hybridized carbons (Fsp3) is 0.727. The van der Waals surface area contributed by atoms with E-state index in [0.717, 1.165) is 30.6 Å². The van der Waals surface area contributed by atoms with Crippen LogP contribution in [0.4, 0.5) is 5.13 Å². The summed E-state index contributed by atoms with van der Waals surface area (Å²) in [6.45, 7) is 5.45. The van der Waals surface area contributed by atoms with Crippen LogP contribution in [-0.2, 0) is 6.54 Å². The molecule has 16 heavy (non-hydrogen) atoms. The Morgan fingerprint density at radius 1 is 1.62 bits per heavy atom. The molecule has 0 amide bonds. The number of nitrogens with one attached hydrogen (secondary N) is 1. The molecule has 1 aromatic rings. The molecular weight excluding hydrogens is 238 g/mol. The van der Waals surface area contributed by atoms with Gasteiger partial charge in [-0.3, -0.25) is 0 Å². The number of aromatic nitrogens is 1. The molecule has 2 heterocycles. The summed E-state index contributed by atoms with van der Waals surface area (Å²) in [6.07, 6.45) is 1.26. The lowest BCUT2D eigenvalue weighted by molar-refractivity contribution is 0.721. The van der Waals surface area contributed by atoms with Crippen LogP contribution in [0.5, 0.6) is 0 Å². The van der Waals surface area contributed by atoms with Crippen molar-refractivity contribution in [2.24, 2.45) is 0 Å². The monoisotopic (exact) mass is 257 g/mol. The Hall–Kier alpha value is -0.260. The third kappa shape index (κ3) is 2.90. The fourth-order valence-corrected chi connectivity index (χ4v) is 3.89. The lowest BCUT2D eigenvalue weighted by Gasteiger charge is -2.31. The number of rotatable bonds is 4. The third-order valence-electron chi connectivity index (χ3n) is 2.76. The van der Waals surface area contributed by atoms with Crippen LogP contribution in [0.3, 0.4) is 0 Å². The average Bonchev–Trinajstić information content (AvgIpc) is 2.78. The fourth-order valence-electron chi connectivity index (χ4n) is 1.84. The largest absolute Gasteiger partial charge is 0.346 e. The van der Waals surface area contributed by atoms with Crippen molar-refractivity contribution in [1.82, 2.24) is 10.3 Å². The molecule has 1 saturated heterocycles. The van der Waals surface area contributed by atoms with Crippen LogP contribution in [-0.4, -0.2) is 36.1 Å². The zero-order valence-electron chi connectivity index (χ0n) is 9.90. The minimum atomic E-state index is 0.783. The molecule has 0 spiro atoms. The molecule has 1 aliphatic heterocycles. The van der Waals surface area contributed by atoms with Crippen LogP contribution >= 0.6 is 23.1 Å². The summed E-state index contributed by atoms with van der Waals surface area (Å²) in [5, 5.41) is 7.28. The predicted octanol–water partition coefficient (Wildman–Crippen LogP) is 2.19. The Morgan fingerprint density at radius 2 is 2.50 bits per heavy atom. The van der Waals surface area contributed by atoms with Crippen molar-refractivity contribution in [3.05, 3.63) is 11.1 Å². The van der Waals surface area contributed by atoms with E-state index in [-0.39, 0.29) is 0 Å². The summed E-state index contributed by atoms with van der Waals surface area (Å²) >= 11 is 3.88. The summed E-state index contributed by atoms with van der Waals surface area (Å²) < 4.78 is 0. The molecule has 1 atom stereocenters. The van der Waals surface area contributed by atoms with Gasteiger partial charge in [0.15, 0.2) is 5.13 Å². The Kier molecular flexibility index (Phi) is 4.49. The first-order valence-electron chi connectivity index (χ1n) is 5.79. The summed E-state index contributed by atoms with van der Waals surface area (Å²) in [7, 11) is 1.96. The minimum absolute atomic E-state index is 0.783. The van der Waals surface area contributed by atoms with Crippen LogP contribution < -0.4 is 10.2 Å². The maximum absolute atomic E-state index is 4.67. The summed E-state index contributed by atoms with van der Waals surface area (Å²) in [4.78, 5) is 7.10. The number of anilines is 1. The Bertz CT molecular complexity index is 327. The number of nitrogens with zero attached hydrogens (tertiary/aromatic N) is 2. The van der Waals surface area contributed by atoms with E-state index in [4.69, 9.17) is 0 Å². The zero-order chi connectivity index (χ0) is 11.4. The van der Waals surface area contributed by atoms with Crippen molar-refractivity contribution >= 4 is 28.2 Å². The van der Waals surface area contributed by atoms with Crippen molar-refractivity contribution in [2.75, 3.05) is 30.8 Å². The Balaban J connectivity index is 1.99. The molecule has 0 aliphatic carbocycles. The quantitative estimate of drug-likeness (QED) is 0.895. The maximum Gasteiger partial charge on any atom is 0.185 e. The molecule has 5 heteroatoms. The smallest absolute Gasteiger partial charge is 0.185 e. The molecular formula is C11H19N3S2. The molecule has 0 saturated carbocycles. The van der Waals surface area contributed by atoms with Gasteiger partial charge < -0.3 is 10.2 Å². The number of thioether (sulfide) groups is 1. The van der Waals surface area contributed by atoms with Crippen LogP contribution in [0, 0.1) is 0 Å². The van der Waals surface area contributed by atoms with E-state index in [0.29, 0.717) is 0 Å². The highest BCUT2D eigenvalue weighted by Gasteiger charge is 2.20. The first-order valence-corrected chi connectivity index (χ1v) is 7.72. The van der Waals surface area contributed by atoms with E-state index in [1.807, 2.05) is 7.05 Å². The topological polar surface area (TPSA) is 28.2 Å². The first kappa shape index (κ1) is 12.2. The Labute approximate surface area is 106 Å². The SMILES string of the molecule is CCC1CN(c2nc(CNC)cs2)CCS1. The van der Waals surface area contributed by atoms with Crippen molar-refractivity contribution in [3.63, 3.8) is 0 Å². The maximum atomic E-state index is 4.67. The molecule has 1 aliphatic rings. The molecule has 0 aromatic carbocycles. The van der Waals surface area contributed by atoms with E-state index in [2.05, 4.69) is 39.3 Å². The number of hydrogen-bond donors (Lipinski definition) is 1. The predicted molar refractivity (Wildman–Crippen MR) is 73.6 cm³/mol. The van der Waals surface area contributed by atoms with Gasteiger partial charge in [-0.1, -0.05) is 6.92 Å². The molecule has 1 unspecified atom stereocenters. The summed E-state index contributed by atoms with van der Waals surface area (Å²) in [5.74, 6) is 1.24. The van der Waals surface area contributed by atoms with E-state index >= 15 is 0 Å². The van der Waals surface area contributed by atoms with Gasteiger partial charge in [0, 0.05) is 36.0 Å².